The molecule has 5 nitrogen and oxygen atoms in total. The van der Waals surface area contributed by atoms with Crippen molar-refractivity contribution in [2.75, 3.05) is 39.3 Å². The fraction of sp³-hybridized carbons (Fsp3) is 0.333. The summed E-state index contributed by atoms with van der Waals surface area (Å²) in [7, 11) is 0. The summed E-state index contributed by atoms with van der Waals surface area (Å²) in [6.45, 7) is 3.97. The number of rotatable bonds is 6. The molecule has 5 heteroatoms. The molecule has 1 fully saturated rings. The first-order valence-corrected chi connectivity index (χ1v) is 7.82. The van der Waals surface area contributed by atoms with Crippen molar-refractivity contribution in [3.8, 4) is 0 Å². The molecule has 1 aliphatic heterocycles. The Morgan fingerprint density at radius 2 is 1.43 bits per heavy atom. The Labute approximate surface area is 135 Å². The lowest BCUT2D eigenvalue weighted by Gasteiger charge is -2.33. The standard InChI is InChI=1S/C18H20N2O3/c21-16(15-5-2-1-3-6-15)13-19-8-10-20(11-9-19)14-17(22)18-7-4-12-23-18/h1-7,12H,8-11,13-14H2. The third-order valence-electron chi connectivity index (χ3n) is 4.09. The average molecular weight is 312 g/mol. The first-order chi connectivity index (χ1) is 11.2. The number of ketones is 2. The fourth-order valence-electron chi connectivity index (χ4n) is 2.74. The maximum Gasteiger partial charge on any atom is 0.211 e. The molecule has 1 aromatic heterocycles. The SMILES string of the molecule is O=C(CN1CCN(CC(=O)c2ccco2)CC1)c1ccccc1. The van der Waals surface area contributed by atoms with Gasteiger partial charge in [-0.1, -0.05) is 30.3 Å². The molecule has 1 saturated heterocycles. The average Bonchev–Trinajstić information content (AvgIpc) is 3.12. The molecule has 1 aromatic carbocycles. The second-order valence-corrected chi connectivity index (χ2v) is 5.74. The van der Waals surface area contributed by atoms with Gasteiger partial charge < -0.3 is 4.42 Å². The number of carbonyl (C=O) groups is 2. The van der Waals surface area contributed by atoms with E-state index >= 15 is 0 Å². The second kappa shape index (κ2) is 7.35. The molecule has 1 aliphatic rings. The number of Topliss-reactive ketones (excluding diaryl/α,β-unsaturated/α-hetero) is 2. The van der Waals surface area contributed by atoms with Gasteiger partial charge in [0.2, 0.25) is 5.78 Å². The van der Waals surface area contributed by atoms with E-state index in [1.165, 1.54) is 6.26 Å². The minimum atomic E-state index is 0.00353. The molecule has 0 spiro atoms. The highest BCUT2D eigenvalue weighted by molar-refractivity contribution is 5.97. The van der Waals surface area contributed by atoms with Crippen molar-refractivity contribution in [2.45, 2.75) is 0 Å². The predicted molar refractivity (Wildman–Crippen MR) is 86.7 cm³/mol. The summed E-state index contributed by atoms with van der Waals surface area (Å²) < 4.78 is 5.13. The minimum Gasteiger partial charge on any atom is -0.461 e. The summed E-state index contributed by atoms with van der Waals surface area (Å²) in [5, 5.41) is 0. The largest absolute Gasteiger partial charge is 0.461 e. The van der Waals surface area contributed by atoms with Crippen molar-refractivity contribution in [3.63, 3.8) is 0 Å². The van der Waals surface area contributed by atoms with Crippen molar-refractivity contribution >= 4 is 11.6 Å². The lowest BCUT2D eigenvalue weighted by molar-refractivity contribution is 0.0769. The van der Waals surface area contributed by atoms with Gasteiger partial charge in [-0.3, -0.25) is 19.4 Å². The normalized spacial score (nSPS) is 16.3. The molecule has 0 aliphatic carbocycles. The molecule has 0 radical (unpaired) electrons. The van der Waals surface area contributed by atoms with Crippen molar-refractivity contribution in [1.82, 2.24) is 9.80 Å². The van der Waals surface area contributed by atoms with Gasteiger partial charge in [-0.05, 0) is 12.1 Å². The maximum atomic E-state index is 12.2. The van der Waals surface area contributed by atoms with Crippen LogP contribution in [0.15, 0.2) is 53.1 Å². The molecule has 2 heterocycles. The fourth-order valence-corrected chi connectivity index (χ4v) is 2.74. The van der Waals surface area contributed by atoms with Crippen LogP contribution in [0.5, 0.6) is 0 Å². The van der Waals surface area contributed by atoms with E-state index in [2.05, 4.69) is 9.80 Å². The monoisotopic (exact) mass is 312 g/mol. The Balaban J connectivity index is 1.45. The minimum absolute atomic E-state index is 0.00353. The second-order valence-electron chi connectivity index (χ2n) is 5.74. The molecule has 0 atom stereocenters. The molecule has 0 amide bonds. The van der Waals surface area contributed by atoms with Gasteiger partial charge in [-0.2, -0.15) is 0 Å². The number of nitrogens with zero attached hydrogens (tertiary/aromatic N) is 2. The number of piperazine rings is 1. The van der Waals surface area contributed by atoms with Gasteiger partial charge in [0.05, 0.1) is 19.4 Å². The zero-order valence-corrected chi connectivity index (χ0v) is 13.0. The Hall–Kier alpha value is -2.24. The first kappa shape index (κ1) is 15.6. The number of furan rings is 1. The van der Waals surface area contributed by atoms with E-state index in [0.29, 0.717) is 18.8 Å². The van der Waals surface area contributed by atoms with Gasteiger partial charge in [0.25, 0.3) is 0 Å². The Kier molecular flexibility index (Phi) is 5.00. The highest BCUT2D eigenvalue weighted by atomic mass is 16.3. The van der Waals surface area contributed by atoms with Crippen molar-refractivity contribution in [3.05, 3.63) is 60.1 Å². The van der Waals surface area contributed by atoms with E-state index in [4.69, 9.17) is 4.42 Å². The molecular formula is C18H20N2O3. The van der Waals surface area contributed by atoms with Crippen molar-refractivity contribution in [1.29, 1.82) is 0 Å². The molecule has 0 bridgehead atoms. The van der Waals surface area contributed by atoms with Crippen LogP contribution in [0, 0.1) is 0 Å². The van der Waals surface area contributed by atoms with Crippen LogP contribution in [-0.2, 0) is 0 Å². The van der Waals surface area contributed by atoms with E-state index in [0.717, 1.165) is 31.7 Å². The van der Waals surface area contributed by atoms with Gasteiger partial charge in [0.15, 0.2) is 11.5 Å². The smallest absolute Gasteiger partial charge is 0.211 e. The van der Waals surface area contributed by atoms with Gasteiger partial charge in [-0.25, -0.2) is 0 Å². The Morgan fingerprint density at radius 1 is 0.826 bits per heavy atom. The quantitative estimate of drug-likeness (QED) is 0.763. The summed E-state index contributed by atoms with van der Waals surface area (Å²) in [5.74, 6) is 0.557. The third kappa shape index (κ3) is 4.15. The predicted octanol–water partition coefficient (Wildman–Crippen LogP) is 1.96. The van der Waals surface area contributed by atoms with Crippen LogP contribution in [0.2, 0.25) is 0 Å². The highest BCUT2D eigenvalue weighted by Crippen LogP contribution is 2.08. The summed E-state index contributed by atoms with van der Waals surface area (Å²) in [6, 6.07) is 12.8. The maximum absolute atomic E-state index is 12.2. The Morgan fingerprint density at radius 3 is 2.00 bits per heavy atom. The molecule has 0 saturated carbocycles. The highest BCUT2D eigenvalue weighted by Gasteiger charge is 2.22. The number of carbonyl (C=O) groups excluding carboxylic acids is 2. The zero-order valence-electron chi connectivity index (χ0n) is 13.0. The molecular weight excluding hydrogens is 292 g/mol. The first-order valence-electron chi connectivity index (χ1n) is 7.82. The van der Waals surface area contributed by atoms with Crippen molar-refractivity contribution in [2.24, 2.45) is 0 Å². The molecule has 2 aromatic rings. The topological polar surface area (TPSA) is 53.8 Å². The number of hydrogen-bond acceptors (Lipinski definition) is 5. The van der Waals surface area contributed by atoms with E-state index in [-0.39, 0.29) is 11.6 Å². The van der Waals surface area contributed by atoms with Crippen LogP contribution in [-0.4, -0.2) is 60.6 Å². The molecule has 120 valence electrons. The van der Waals surface area contributed by atoms with Crippen LogP contribution >= 0.6 is 0 Å². The lowest BCUT2D eigenvalue weighted by atomic mass is 10.1. The van der Waals surface area contributed by atoms with Crippen LogP contribution in [0.4, 0.5) is 0 Å². The number of hydrogen-bond donors (Lipinski definition) is 0. The van der Waals surface area contributed by atoms with Crippen LogP contribution < -0.4 is 0 Å². The van der Waals surface area contributed by atoms with E-state index in [1.54, 1.807) is 12.1 Å². The zero-order chi connectivity index (χ0) is 16.1. The summed E-state index contributed by atoms with van der Waals surface area (Å²) in [6.07, 6.45) is 1.51. The molecule has 0 N–H and O–H groups in total. The van der Waals surface area contributed by atoms with Gasteiger partial charge in [-0.15, -0.1) is 0 Å². The van der Waals surface area contributed by atoms with Crippen molar-refractivity contribution < 1.29 is 14.0 Å². The van der Waals surface area contributed by atoms with E-state index in [1.807, 2.05) is 30.3 Å². The summed E-state index contributed by atoms with van der Waals surface area (Å²) >= 11 is 0. The van der Waals surface area contributed by atoms with Gasteiger partial charge >= 0.3 is 0 Å². The van der Waals surface area contributed by atoms with Crippen LogP contribution in [0.1, 0.15) is 20.9 Å². The Bertz CT molecular complexity index is 644. The lowest BCUT2D eigenvalue weighted by Crippen LogP contribution is -2.49. The summed E-state index contributed by atoms with van der Waals surface area (Å²) in [5.41, 5.74) is 0.753. The molecule has 0 unspecified atom stereocenters. The van der Waals surface area contributed by atoms with Gasteiger partial charge in [0.1, 0.15) is 0 Å². The van der Waals surface area contributed by atoms with Crippen LogP contribution in [0.25, 0.3) is 0 Å². The number of benzene rings is 1. The van der Waals surface area contributed by atoms with Crippen LogP contribution in [0.3, 0.4) is 0 Å². The molecule has 3 rings (SSSR count). The van der Waals surface area contributed by atoms with Gasteiger partial charge in [0, 0.05) is 31.7 Å². The van der Waals surface area contributed by atoms with E-state index < -0.39 is 0 Å². The summed E-state index contributed by atoms with van der Waals surface area (Å²) in [4.78, 5) is 28.5. The third-order valence-corrected chi connectivity index (χ3v) is 4.09. The van der Waals surface area contributed by atoms with E-state index in [9.17, 15) is 9.59 Å². The molecule has 23 heavy (non-hydrogen) atoms.